The van der Waals surface area contributed by atoms with E-state index < -0.39 is 0 Å². The second-order valence-corrected chi connectivity index (χ2v) is 5.38. The van der Waals surface area contributed by atoms with Gasteiger partial charge >= 0.3 is 0 Å². The summed E-state index contributed by atoms with van der Waals surface area (Å²) in [4.78, 5) is 1.35. The highest BCUT2D eigenvalue weighted by molar-refractivity contribution is 7.10. The third kappa shape index (κ3) is 2.42. The third-order valence-corrected chi connectivity index (χ3v) is 4.24. The monoisotopic (exact) mass is 261 g/mol. The number of ether oxygens (including phenoxy) is 1. The van der Waals surface area contributed by atoms with Crippen LogP contribution < -0.4 is 10.1 Å². The highest BCUT2D eigenvalue weighted by atomic mass is 32.1. The molecular weight excluding hydrogens is 242 g/mol. The molecule has 0 aliphatic carbocycles. The Morgan fingerprint density at radius 1 is 1.22 bits per heavy atom. The van der Waals surface area contributed by atoms with Gasteiger partial charge in [-0.2, -0.15) is 0 Å². The molecule has 2 aromatic rings. The molecule has 0 bridgehead atoms. The molecule has 2 rings (SSSR count). The summed E-state index contributed by atoms with van der Waals surface area (Å²) in [6, 6.07) is 8.72. The molecule has 1 atom stereocenters. The predicted molar refractivity (Wildman–Crippen MR) is 77.7 cm³/mol. The molecule has 0 fully saturated rings. The molecular formula is C15H19NOS. The summed E-state index contributed by atoms with van der Waals surface area (Å²) in [5.41, 5.74) is 3.73. The molecule has 0 amide bonds. The highest BCUT2D eigenvalue weighted by Gasteiger charge is 2.19. The van der Waals surface area contributed by atoms with Crippen molar-refractivity contribution in [1.29, 1.82) is 0 Å². The Bertz CT molecular complexity index is 533. The van der Waals surface area contributed by atoms with E-state index in [2.05, 4.69) is 48.8 Å². The van der Waals surface area contributed by atoms with Crippen molar-refractivity contribution in [2.24, 2.45) is 0 Å². The van der Waals surface area contributed by atoms with Gasteiger partial charge in [0.2, 0.25) is 0 Å². The van der Waals surface area contributed by atoms with E-state index in [1.165, 1.54) is 21.6 Å². The molecule has 1 unspecified atom stereocenters. The fourth-order valence-corrected chi connectivity index (χ4v) is 3.22. The molecule has 1 heterocycles. The molecule has 1 aromatic heterocycles. The summed E-state index contributed by atoms with van der Waals surface area (Å²) in [5, 5.41) is 5.52. The fourth-order valence-electron chi connectivity index (χ4n) is 2.16. The van der Waals surface area contributed by atoms with Gasteiger partial charge in [-0.3, -0.25) is 0 Å². The van der Waals surface area contributed by atoms with Crippen LogP contribution in [0, 0.1) is 13.8 Å². The Balaban J connectivity index is 2.48. The van der Waals surface area contributed by atoms with Crippen molar-refractivity contribution >= 4 is 11.3 Å². The standard InChI is InChI=1S/C15H19NOS/c1-10-5-6-12(13(9-10)17-4)14(16-3)15-11(2)7-8-18-15/h5-9,14,16H,1-4H3. The molecule has 0 radical (unpaired) electrons. The zero-order valence-electron chi connectivity index (χ0n) is 11.3. The zero-order chi connectivity index (χ0) is 13.1. The summed E-state index contributed by atoms with van der Waals surface area (Å²) < 4.78 is 5.51. The zero-order valence-corrected chi connectivity index (χ0v) is 12.1. The van der Waals surface area contributed by atoms with E-state index in [4.69, 9.17) is 4.74 Å². The van der Waals surface area contributed by atoms with Crippen LogP contribution in [0.5, 0.6) is 5.75 Å². The van der Waals surface area contributed by atoms with Crippen molar-refractivity contribution in [3.05, 3.63) is 51.2 Å². The smallest absolute Gasteiger partial charge is 0.124 e. The van der Waals surface area contributed by atoms with Crippen LogP contribution in [-0.2, 0) is 0 Å². The first-order chi connectivity index (χ1) is 8.67. The van der Waals surface area contributed by atoms with Crippen molar-refractivity contribution in [1.82, 2.24) is 5.32 Å². The van der Waals surface area contributed by atoms with E-state index in [1.54, 1.807) is 18.4 Å². The first kappa shape index (κ1) is 13.1. The molecule has 1 aromatic carbocycles. The molecule has 0 spiro atoms. The van der Waals surface area contributed by atoms with Gasteiger partial charge in [0.1, 0.15) is 5.75 Å². The topological polar surface area (TPSA) is 21.3 Å². The van der Waals surface area contributed by atoms with Crippen molar-refractivity contribution in [3.8, 4) is 5.75 Å². The third-order valence-electron chi connectivity index (χ3n) is 3.15. The number of aryl methyl sites for hydroxylation is 2. The lowest BCUT2D eigenvalue weighted by molar-refractivity contribution is 0.405. The van der Waals surface area contributed by atoms with E-state index in [9.17, 15) is 0 Å². The second kappa shape index (κ2) is 5.55. The van der Waals surface area contributed by atoms with Crippen LogP contribution in [-0.4, -0.2) is 14.2 Å². The van der Waals surface area contributed by atoms with Gasteiger partial charge < -0.3 is 10.1 Å². The molecule has 0 aliphatic rings. The van der Waals surface area contributed by atoms with Gasteiger partial charge in [-0.25, -0.2) is 0 Å². The Morgan fingerprint density at radius 2 is 2.00 bits per heavy atom. The van der Waals surface area contributed by atoms with Crippen molar-refractivity contribution in [3.63, 3.8) is 0 Å². The minimum absolute atomic E-state index is 0.195. The second-order valence-electron chi connectivity index (χ2n) is 4.43. The minimum atomic E-state index is 0.195. The maximum absolute atomic E-state index is 5.51. The Labute approximate surface area is 113 Å². The summed E-state index contributed by atoms with van der Waals surface area (Å²) in [7, 11) is 3.72. The molecule has 18 heavy (non-hydrogen) atoms. The van der Waals surface area contributed by atoms with Crippen LogP contribution in [0.4, 0.5) is 0 Å². The summed E-state index contributed by atoms with van der Waals surface area (Å²) in [5.74, 6) is 0.946. The molecule has 96 valence electrons. The average molecular weight is 261 g/mol. The normalized spacial score (nSPS) is 12.4. The van der Waals surface area contributed by atoms with Crippen LogP contribution >= 0.6 is 11.3 Å². The van der Waals surface area contributed by atoms with E-state index in [-0.39, 0.29) is 6.04 Å². The number of hydrogen-bond acceptors (Lipinski definition) is 3. The van der Waals surface area contributed by atoms with Gasteiger partial charge in [-0.15, -0.1) is 11.3 Å². The van der Waals surface area contributed by atoms with Gasteiger partial charge in [0.05, 0.1) is 13.2 Å². The molecule has 0 aliphatic heterocycles. The van der Waals surface area contributed by atoms with Crippen LogP contribution in [0.1, 0.15) is 27.6 Å². The number of benzene rings is 1. The molecule has 3 heteroatoms. The lowest BCUT2D eigenvalue weighted by Crippen LogP contribution is -2.18. The van der Waals surface area contributed by atoms with Gasteiger partial charge in [0.15, 0.2) is 0 Å². The van der Waals surface area contributed by atoms with Crippen LogP contribution in [0.2, 0.25) is 0 Å². The number of methoxy groups -OCH3 is 1. The first-order valence-corrected chi connectivity index (χ1v) is 6.91. The first-order valence-electron chi connectivity index (χ1n) is 6.03. The lowest BCUT2D eigenvalue weighted by Gasteiger charge is -2.19. The SMILES string of the molecule is CNC(c1ccc(C)cc1OC)c1sccc1C. The van der Waals surface area contributed by atoms with Gasteiger partial charge in [0, 0.05) is 10.4 Å². The maximum atomic E-state index is 5.51. The quantitative estimate of drug-likeness (QED) is 0.906. The molecule has 2 nitrogen and oxygen atoms in total. The minimum Gasteiger partial charge on any atom is -0.496 e. The largest absolute Gasteiger partial charge is 0.496 e. The molecule has 1 N–H and O–H groups in total. The van der Waals surface area contributed by atoms with E-state index in [1.807, 2.05) is 7.05 Å². The number of rotatable bonds is 4. The summed E-state index contributed by atoms with van der Waals surface area (Å²) in [6.45, 7) is 4.23. The Kier molecular flexibility index (Phi) is 4.04. The van der Waals surface area contributed by atoms with Crippen LogP contribution in [0.15, 0.2) is 29.6 Å². The van der Waals surface area contributed by atoms with Crippen LogP contribution in [0.25, 0.3) is 0 Å². The van der Waals surface area contributed by atoms with Gasteiger partial charge in [0.25, 0.3) is 0 Å². The number of hydrogen-bond donors (Lipinski definition) is 1. The summed E-state index contributed by atoms with van der Waals surface area (Å²) in [6.07, 6.45) is 0. The lowest BCUT2D eigenvalue weighted by atomic mass is 10.0. The number of nitrogens with one attached hydrogen (secondary N) is 1. The average Bonchev–Trinajstić information content (AvgIpc) is 2.78. The fraction of sp³-hybridized carbons (Fsp3) is 0.333. The number of thiophene rings is 1. The highest BCUT2D eigenvalue weighted by Crippen LogP contribution is 2.34. The van der Waals surface area contributed by atoms with E-state index in [0.29, 0.717) is 0 Å². The van der Waals surface area contributed by atoms with Crippen molar-refractivity contribution in [2.75, 3.05) is 14.2 Å². The molecule has 0 saturated carbocycles. The van der Waals surface area contributed by atoms with Crippen molar-refractivity contribution in [2.45, 2.75) is 19.9 Å². The Hall–Kier alpha value is -1.32. The molecule has 0 saturated heterocycles. The Morgan fingerprint density at radius 3 is 2.56 bits per heavy atom. The van der Waals surface area contributed by atoms with Crippen LogP contribution in [0.3, 0.4) is 0 Å². The van der Waals surface area contributed by atoms with Crippen molar-refractivity contribution < 1.29 is 4.74 Å². The maximum Gasteiger partial charge on any atom is 0.124 e. The van der Waals surface area contributed by atoms with E-state index in [0.717, 1.165) is 5.75 Å². The predicted octanol–water partition coefficient (Wildman–Crippen LogP) is 3.68. The summed E-state index contributed by atoms with van der Waals surface area (Å²) >= 11 is 1.78. The van der Waals surface area contributed by atoms with Gasteiger partial charge in [-0.1, -0.05) is 12.1 Å². The van der Waals surface area contributed by atoms with Gasteiger partial charge in [-0.05, 0) is 49.5 Å². The van der Waals surface area contributed by atoms with E-state index >= 15 is 0 Å².